The Kier molecular flexibility index (Phi) is 6.49. The van der Waals surface area contributed by atoms with E-state index in [4.69, 9.17) is 17.0 Å². The lowest BCUT2D eigenvalue weighted by molar-refractivity contribution is -0.384. The molecule has 8 heteroatoms. The van der Waals surface area contributed by atoms with Crippen molar-refractivity contribution in [2.45, 2.75) is 6.61 Å². The summed E-state index contributed by atoms with van der Waals surface area (Å²) in [4.78, 5) is 22.6. The largest absolute Gasteiger partial charge is 0.489 e. The quantitative estimate of drug-likeness (QED) is 0.359. The SMILES string of the molecule is O=C(NC(=S)Nc1ccc([N+](=O)[O-])cc1)c1cccc(OCc2ccccc2)c1. The standard InChI is InChI=1S/C21H17N3O4S/c25-20(23-21(29)22-17-9-11-18(12-10-17)24(26)27)16-7-4-8-19(13-16)28-14-15-5-2-1-3-6-15/h1-13H,14H2,(H2,22,23,25,29). The van der Waals surface area contributed by atoms with Gasteiger partial charge in [0.15, 0.2) is 5.11 Å². The highest BCUT2D eigenvalue weighted by Gasteiger charge is 2.10. The fraction of sp³-hybridized carbons (Fsp3) is 0.0476. The van der Waals surface area contributed by atoms with Gasteiger partial charge in [0.25, 0.3) is 11.6 Å². The lowest BCUT2D eigenvalue weighted by Gasteiger charge is -2.11. The van der Waals surface area contributed by atoms with Crippen molar-refractivity contribution in [1.29, 1.82) is 0 Å². The van der Waals surface area contributed by atoms with Crippen LogP contribution in [0.4, 0.5) is 11.4 Å². The molecule has 0 unspecified atom stereocenters. The van der Waals surface area contributed by atoms with E-state index >= 15 is 0 Å². The molecular weight excluding hydrogens is 390 g/mol. The predicted octanol–water partition coefficient (Wildman–Crippen LogP) is 4.30. The van der Waals surface area contributed by atoms with Crippen LogP contribution in [0, 0.1) is 10.1 Å². The Balaban J connectivity index is 1.57. The molecule has 0 heterocycles. The number of ether oxygens (including phenoxy) is 1. The minimum absolute atomic E-state index is 0.0298. The first kappa shape index (κ1) is 20.0. The van der Waals surface area contributed by atoms with Crippen molar-refractivity contribution < 1.29 is 14.5 Å². The second-order valence-corrected chi connectivity index (χ2v) is 6.42. The van der Waals surface area contributed by atoms with E-state index in [1.807, 2.05) is 30.3 Å². The highest BCUT2D eigenvalue weighted by Crippen LogP contribution is 2.17. The first-order valence-corrected chi connectivity index (χ1v) is 9.06. The van der Waals surface area contributed by atoms with Crippen LogP contribution in [0.15, 0.2) is 78.9 Å². The van der Waals surface area contributed by atoms with Gasteiger partial charge < -0.3 is 10.1 Å². The van der Waals surface area contributed by atoms with Crippen molar-refractivity contribution in [2.75, 3.05) is 5.32 Å². The predicted molar refractivity (Wildman–Crippen MR) is 114 cm³/mol. The van der Waals surface area contributed by atoms with Crippen LogP contribution >= 0.6 is 12.2 Å². The van der Waals surface area contributed by atoms with Gasteiger partial charge in [-0.2, -0.15) is 0 Å². The Labute approximate surface area is 172 Å². The van der Waals surface area contributed by atoms with Gasteiger partial charge in [-0.05, 0) is 48.1 Å². The fourth-order valence-electron chi connectivity index (χ4n) is 2.47. The number of carbonyl (C=O) groups is 1. The second-order valence-electron chi connectivity index (χ2n) is 6.01. The van der Waals surface area contributed by atoms with E-state index in [1.54, 1.807) is 24.3 Å². The topological polar surface area (TPSA) is 93.5 Å². The summed E-state index contributed by atoms with van der Waals surface area (Å²) in [5, 5.41) is 16.2. The van der Waals surface area contributed by atoms with Crippen LogP contribution in [0.3, 0.4) is 0 Å². The number of hydrogen-bond acceptors (Lipinski definition) is 5. The maximum absolute atomic E-state index is 12.4. The zero-order valence-electron chi connectivity index (χ0n) is 15.2. The summed E-state index contributed by atoms with van der Waals surface area (Å²) in [5.74, 6) is 0.172. The Morgan fingerprint density at radius 2 is 1.72 bits per heavy atom. The lowest BCUT2D eigenvalue weighted by atomic mass is 10.2. The van der Waals surface area contributed by atoms with E-state index in [0.717, 1.165) is 5.56 Å². The zero-order chi connectivity index (χ0) is 20.6. The molecule has 1 amide bonds. The number of nitro benzene ring substituents is 1. The number of nitrogens with one attached hydrogen (secondary N) is 2. The summed E-state index contributed by atoms with van der Waals surface area (Å²) in [7, 11) is 0. The highest BCUT2D eigenvalue weighted by atomic mass is 32.1. The molecule has 0 aliphatic carbocycles. The maximum atomic E-state index is 12.4. The van der Waals surface area contributed by atoms with Gasteiger partial charge in [0, 0.05) is 23.4 Å². The van der Waals surface area contributed by atoms with Gasteiger partial charge in [-0.25, -0.2) is 0 Å². The van der Waals surface area contributed by atoms with E-state index in [2.05, 4.69) is 10.6 Å². The minimum Gasteiger partial charge on any atom is -0.489 e. The molecule has 3 rings (SSSR count). The van der Waals surface area contributed by atoms with Gasteiger partial charge in [-0.1, -0.05) is 36.4 Å². The number of carbonyl (C=O) groups excluding carboxylic acids is 1. The first-order chi connectivity index (χ1) is 14.0. The number of amides is 1. The van der Waals surface area contributed by atoms with Crippen LogP contribution in [0.1, 0.15) is 15.9 Å². The van der Waals surface area contributed by atoms with Crippen molar-refractivity contribution in [1.82, 2.24) is 5.32 Å². The van der Waals surface area contributed by atoms with Crippen molar-refractivity contribution in [2.24, 2.45) is 0 Å². The summed E-state index contributed by atoms with van der Waals surface area (Å²) < 4.78 is 5.73. The molecule has 0 bridgehead atoms. The molecule has 3 aromatic carbocycles. The third kappa shape index (κ3) is 5.85. The smallest absolute Gasteiger partial charge is 0.269 e. The van der Waals surface area contributed by atoms with Crippen LogP contribution in [-0.2, 0) is 6.61 Å². The van der Waals surface area contributed by atoms with E-state index in [1.165, 1.54) is 24.3 Å². The van der Waals surface area contributed by atoms with Gasteiger partial charge in [0.2, 0.25) is 0 Å². The first-order valence-electron chi connectivity index (χ1n) is 8.65. The molecule has 146 valence electrons. The summed E-state index contributed by atoms with van der Waals surface area (Å²) >= 11 is 5.14. The van der Waals surface area contributed by atoms with E-state index in [0.29, 0.717) is 23.6 Å². The van der Waals surface area contributed by atoms with Crippen LogP contribution in [-0.4, -0.2) is 15.9 Å². The third-order valence-corrected chi connectivity index (χ3v) is 4.11. The molecule has 0 radical (unpaired) electrons. The monoisotopic (exact) mass is 407 g/mol. The van der Waals surface area contributed by atoms with Crippen molar-refractivity contribution in [3.8, 4) is 5.75 Å². The molecule has 0 aliphatic heterocycles. The Bertz CT molecular complexity index is 1020. The third-order valence-electron chi connectivity index (χ3n) is 3.91. The average Bonchev–Trinajstić information content (AvgIpc) is 2.73. The van der Waals surface area contributed by atoms with Crippen molar-refractivity contribution in [3.63, 3.8) is 0 Å². The molecule has 0 aliphatic rings. The van der Waals surface area contributed by atoms with Crippen LogP contribution in [0.5, 0.6) is 5.75 Å². The molecule has 0 aromatic heterocycles. The Hall–Kier alpha value is -3.78. The number of nitro groups is 1. The normalized spacial score (nSPS) is 10.1. The molecular formula is C21H17N3O4S. The minimum atomic E-state index is -0.489. The van der Waals surface area contributed by atoms with Crippen molar-refractivity contribution in [3.05, 3.63) is 100 Å². The average molecular weight is 407 g/mol. The van der Waals surface area contributed by atoms with E-state index < -0.39 is 10.8 Å². The molecule has 0 saturated heterocycles. The summed E-state index contributed by atoms with van der Waals surface area (Å²) in [5.41, 5.74) is 1.91. The molecule has 7 nitrogen and oxygen atoms in total. The van der Waals surface area contributed by atoms with Gasteiger partial charge in [-0.3, -0.25) is 20.2 Å². The van der Waals surface area contributed by atoms with Gasteiger partial charge in [0.1, 0.15) is 12.4 Å². The van der Waals surface area contributed by atoms with Crippen LogP contribution in [0.2, 0.25) is 0 Å². The zero-order valence-corrected chi connectivity index (χ0v) is 16.0. The van der Waals surface area contributed by atoms with Gasteiger partial charge in [0.05, 0.1) is 4.92 Å². The number of rotatable bonds is 6. The molecule has 0 atom stereocenters. The van der Waals surface area contributed by atoms with Gasteiger partial charge >= 0.3 is 0 Å². The summed E-state index contributed by atoms with van der Waals surface area (Å²) in [6.07, 6.45) is 0. The number of anilines is 1. The van der Waals surface area contributed by atoms with E-state index in [-0.39, 0.29) is 10.8 Å². The fourth-order valence-corrected chi connectivity index (χ4v) is 2.68. The molecule has 3 aromatic rings. The number of thiocarbonyl (C=S) groups is 1. The van der Waals surface area contributed by atoms with Crippen LogP contribution < -0.4 is 15.4 Å². The lowest BCUT2D eigenvalue weighted by Crippen LogP contribution is -2.34. The number of benzene rings is 3. The summed E-state index contributed by atoms with van der Waals surface area (Å²) in [6.45, 7) is 0.395. The Morgan fingerprint density at radius 3 is 2.41 bits per heavy atom. The second kappa shape index (κ2) is 9.43. The molecule has 0 saturated carbocycles. The highest BCUT2D eigenvalue weighted by molar-refractivity contribution is 7.80. The van der Waals surface area contributed by atoms with Gasteiger partial charge in [-0.15, -0.1) is 0 Å². The molecule has 29 heavy (non-hydrogen) atoms. The number of nitrogens with zero attached hydrogens (tertiary/aromatic N) is 1. The Morgan fingerprint density at radius 1 is 1.00 bits per heavy atom. The molecule has 0 spiro atoms. The van der Waals surface area contributed by atoms with E-state index in [9.17, 15) is 14.9 Å². The summed E-state index contributed by atoms with van der Waals surface area (Å²) in [6, 6.07) is 22.2. The van der Waals surface area contributed by atoms with Crippen LogP contribution in [0.25, 0.3) is 0 Å². The number of non-ortho nitro benzene ring substituents is 1. The van der Waals surface area contributed by atoms with Crippen molar-refractivity contribution >= 4 is 34.6 Å². The number of hydrogen-bond donors (Lipinski definition) is 2. The maximum Gasteiger partial charge on any atom is 0.269 e. The molecule has 2 N–H and O–H groups in total. The molecule has 0 fully saturated rings.